The Bertz CT molecular complexity index is 388. The van der Waals surface area contributed by atoms with Crippen molar-refractivity contribution in [3.8, 4) is 5.75 Å². The van der Waals surface area contributed by atoms with Crippen molar-refractivity contribution in [3.05, 3.63) is 28.8 Å². The van der Waals surface area contributed by atoms with Gasteiger partial charge in [-0.3, -0.25) is 0 Å². The average Bonchev–Trinajstić information content (AvgIpc) is 2.85. The van der Waals surface area contributed by atoms with Gasteiger partial charge in [0.25, 0.3) is 0 Å². The fraction of sp³-hybridized carbons (Fsp3) is 0.600. The Labute approximate surface area is 114 Å². The average molecular weight is 268 g/mol. The van der Waals surface area contributed by atoms with E-state index in [-0.39, 0.29) is 0 Å². The molecule has 1 atom stereocenters. The lowest BCUT2D eigenvalue weighted by Gasteiger charge is -2.16. The molecule has 0 aliphatic heterocycles. The summed E-state index contributed by atoms with van der Waals surface area (Å²) in [5.41, 5.74) is 6.83. The zero-order valence-electron chi connectivity index (χ0n) is 11.0. The van der Waals surface area contributed by atoms with E-state index in [1.807, 2.05) is 12.1 Å². The molecule has 18 heavy (non-hydrogen) atoms. The first-order valence-electron chi connectivity index (χ1n) is 6.87. The minimum absolute atomic E-state index is 0.356. The molecule has 1 fully saturated rings. The van der Waals surface area contributed by atoms with Crippen molar-refractivity contribution in [2.75, 3.05) is 6.54 Å². The molecular formula is C15H22ClNO. The molecule has 0 saturated heterocycles. The zero-order valence-corrected chi connectivity index (χ0v) is 11.7. The Morgan fingerprint density at radius 3 is 2.72 bits per heavy atom. The summed E-state index contributed by atoms with van der Waals surface area (Å²) in [5.74, 6) is 1.28. The number of benzene rings is 1. The lowest BCUT2D eigenvalue weighted by atomic mass is 9.98. The van der Waals surface area contributed by atoms with Crippen LogP contribution in [0.25, 0.3) is 0 Å². The molecule has 1 aliphatic carbocycles. The first-order valence-corrected chi connectivity index (χ1v) is 7.24. The van der Waals surface area contributed by atoms with Crippen molar-refractivity contribution in [2.45, 2.75) is 51.0 Å². The third-order valence-electron chi connectivity index (χ3n) is 3.72. The van der Waals surface area contributed by atoms with Crippen LogP contribution in [0.1, 0.15) is 50.5 Å². The monoisotopic (exact) mass is 267 g/mol. The summed E-state index contributed by atoms with van der Waals surface area (Å²) in [6, 6.07) is 6.13. The Hall–Kier alpha value is -0.730. The number of ether oxygens (including phenoxy) is 1. The lowest BCUT2D eigenvalue weighted by Crippen LogP contribution is -2.11. The molecular weight excluding hydrogens is 246 g/mol. The number of hydrogen-bond acceptors (Lipinski definition) is 2. The molecule has 1 aliphatic rings. The minimum atomic E-state index is 0.356. The predicted molar refractivity (Wildman–Crippen MR) is 76.4 cm³/mol. The van der Waals surface area contributed by atoms with E-state index in [1.54, 1.807) is 0 Å². The van der Waals surface area contributed by atoms with Gasteiger partial charge in [-0.15, -0.1) is 0 Å². The molecule has 0 amide bonds. The van der Waals surface area contributed by atoms with Gasteiger partial charge in [0, 0.05) is 0 Å². The lowest BCUT2D eigenvalue weighted by molar-refractivity contribution is 0.210. The third kappa shape index (κ3) is 3.39. The van der Waals surface area contributed by atoms with E-state index in [4.69, 9.17) is 22.1 Å². The van der Waals surface area contributed by atoms with Gasteiger partial charge < -0.3 is 10.5 Å². The quantitative estimate of drug-likeness (QED) is 0.871. The second-order valence-corrected chi connectivity index (χ2v) is 5.60. The van der Waals surface area contributed by atoms with Crippen LogP contribution in [0.4, 0.5) is 0 Å². The fourth-order valence-corrected chi connectivity index (χ4v) is 2.76. The van der Waals surface area contributed by atoms with Crippen molar-refractivity contribution in [1.29, 1.82) is 0 Å². The predicted octanol–water partition coefficient (Wildman–Crippen LogP) is 4.11. The summed E-state index contributed by atoms with van der Waals surface area (Å²) >= 11 is 6.30. The molecule has 0 radical (unpaired) electrons. The summed E-state index contributed by atoms with van der Waals surface area (Å²) in [5, 5.41) is 0.725. The number of nitrogens with two attached hydrogens (primary N) is 1. The van der Waals surface area contributed by atoms with Crippen molar-refractivity contribution >= 4 is 11.6 Å². The van der Waals surface area contributed by atoms with Gasteiger partial charge in [-0.25, -0.2) is 0 Å². The first-order chi connectivity index (χ1) is 8.70. The first kappa shape index (κ1) is 13.7. The van der Waals surface area contributed by atoms with Crippen LogP contribution in [0.2, 0.25) is 5.02 Å². The molecule has 2 rings (SSSR count). The molecule has 1 unspecified atom stereocenters. The summed E-state index contributed by atoms with van der Waals surface area (Å²) in [6.45, 7) is 2.88. The van der Waals surface area contributed by atoms with E-state index in [9.17, 15) is 0 Å². The maximum absolute atomic E-state index is 6.30. The molecule has 1 saturated carbocycles. The van der Waals surface area contributed by atoms with E-state index in [2.05, 4.69) is 13.0 Å². The van der Waals surface area contributed by atoms with Gasteiger partial charge in [0.05, 0.1) is 11.1 Å². The Morgan fingerprint density at radius 2 is 2.11 bits per heavy atom. The maximum Gasteiger partial charge on any atom is 0.138 e. The Morgan fingerprint density at radius 1 is 1.39 bits per heavy atom. The summed E-state index contributed by atoms with van der Waals surface area (Å²) in [6.07, 6.45) is 6.19. The van der Waals surface area contributed by atoms with E-state index in [1.165, 1.54) is 18.4 Å². The van der Waals surface area contributed by atoms with Crippen molar-refractivity contribution < 1.29 is 4.74 Å². The highest BCUT2D eigenvalue weighted by Crippen LogP contribution is 2.32. The van der Waals surface area contributed by atoms with Crippen LogP contribution in [0.15, 0.2) is 18.2 Å². The highest BCUT2D eigenvalue weighted by atomic mass is 35.5. The van der Waals surface area contributed by atoms with Crippen molar-refractivity contribution in [2.24, 2.45) is 5.73 Å². The van der Waals surface area contributed by atoms with Crippen LogP contribution < -0.4 is 10.5 Å². The number of hydrogen-bond donors (Lipinski definition) is 1. The molecule has 0 heterocycles. The van der Waals surface area contributed by atoms with Crippen LogP contribution in [0, 0.1) is 0 Å². The van der Waals surface area contributed by atoms with Crippen LogP contribution in [0.3, 0.4) is 0 Å². The second-order valence-electron chi connectivity index (χ2n) is 5.19. The smallest absolute Gasteiger partial charge is 0.138 e. The minimum Gasteiger partial charge on any atom is -0.489 e. The topological polar surface area (TPSA) is 35.2 Å². The van der Waals surface area contributed by atoms with Crippen LogP contribution in [-0.4, -0.2) is 12.6 Å². The van der Waals surface area contributed by atoms with Crippen LogP contribution in [-0.2, 0) is 0 Å². The summed E-state index contributed by atoms with van der Waals surface area (Å²) in [7, 11) is 0. The highest BCUT2D eigenvalue weighted by molar-refractivity contribution is 6.32. The molecule has 1 aromatic carbocycles. The standard InChI is InChI=1S/C15H22ClNO/c1-11(8-9-17)12-6-7-15(14(16)10-12)18-13-4-2-3-5-13/h6-7,10-11,13H,2-5,8-9,17H2,1H3. The highest BCUT2D eigenvalue weighted by Gasteiger charge is 2.18. The molecule has 0 spiro atoms. The number of halogens is 1. The van der Waals surface area contributed by atoms with Gasteiger partial charge in [0.2, 0.25) is 0 Å². The van der Waals surface area contributed by atoms with E-state index in [0.717, 1.165) is 30.0 Å². The van der Waals surface area contributed by atoms with Crippen molar-refractivity contribution in [3.63, 3.8) is 0 Å². The fourth-order valence-electron chi connectivity index (χ4n) is 2.52. The maximum atomic E-state index is 6.30. The molecule has 3 heteroatoms. The van der Waals surface area contributed by atoms with E-state index < -0.39 is 0 Å². The van der Waals surface area contributed by atoms with Crippen molar-refractivity contribution in [1.82, 2.24) is 0 Å². The molecule has 100 valence electrons. The molecule has 0 aromatic heterocycles. The third-order valence-corrected chi connectivity index (χ3v) is 4.02. The zero-order chi connectivity index (χ0) is 13.0. The molecule has 1 aromatic rings. The van der Waals surface area contributed by atoms with Gasteiger partial charge in [-0.1, -0.05) is 24.6 Å². The van der Waals surface area contributed by atoms with Crippen LogP contribution >= 0.6 is 11.6 Å². The van der Waals surface area contributed by atoms with E-state index in [0.29, 0.717) is 18.6 Å². The Balaban J connectivity index is 2.04. The second kappa shape index (κ2) is 6.44. The summed E-state index contributed by atoms with van der Waals surface area (Å²) in [4.78, 5) is 0. The van der Waals surface area contributed by atoms with Gasteiger partial charge in [-0.2, -0.15) is 0 Å². The van der Waals surface area contributed by atoms with Gasteiger partial charge in [0.15, 0.2) is 0 Å². The number of rotatable bonds is 5. The van der Waals surface area contributed by atoms with Gasteiger partial charge in [-0.05, 0) is 62.3 Å². The SMILES string of the molecule is CC(CCN)c1ccc(OC2CCCC2)c(Cl)c1. The van der Waals surface area contributed by atoms with Gasteiger partial charge in [0.1, 0.15) is 5.75 Å². The van der Waals surface area contributed by atoms with Crippen LogP contribution in [0.5, 0.6) is 5.75 Å². The summed E-state index contributed by atoms with van der Waals surface area (Å²) < 4.78 is 5.94. The molecule has 0 bridgehead atoms. The molecule has 2 N–H and O–H groups in total. The Kier molecular flexibility index (Phi) is 4.90. The normalized spacial score (nSPS) is 17.9. The largest absolute Gasteiger partial charge is 0.489 e. The van der Waals surface area contributed by atoms with Gasteiger partial charge >= 0.3 is 0 Å². The molecule has 2 nitrogen and oxygen atoms in total. The van der Waals surface area contributed by atoms with E-state index >= 15 is 0 Å².